The number of carbonyl (C=O) groups excluding carboxylic acids is 1. The molecule has 2 aliphatic rings. The van der Waals surface area contributed by atoms with Crippen LogP contribution in [0.3, 0.4) is 0 Å². The Hall–Kier alpha value is -1.77. The molecule has 0 bridgehead atoms. The molecule has 2 aromatic rings. The lowest BCUT2D eigenvalue weighted by atomic mass is 10.1. The molecule has 1 heterocycles. The molecule has 0 aliphatic heterocycles. The van der Waals surface area contributed by atoms with E-state index in [1.54, 1.807) is 0 Å². The molecule has 2 aliphatic carbocycles. The van der Waals surface area contributed by atoms with Crippen LogP contribution in [0.15, 0.2) is 30.5 Å². The minimum Gasteiger partial charge on any atom is -0.361 e. The first-order valence-electron chi connectivity index (χ1n) is 7.66. The number of fused-ring (bicyclic) bond motifs is 1. The Labute approximate surface area is 119 Å². The fourth-order valence-corrected chi connectivity index (χ4v) is 2.83. The molecule has 0 radical (unpaired) electrons. The average molecular weight is 268 g/mol. The Morgan fingerprint density at radius 2 is 1.80 bits per heavy atom. The minimum atomic E-state index is 0.209. The van der Waals surface area contributed by atoms with Crippen molar-refractivity contribution >= 4 is 16.8 Å². The van der Waals surface area contributed by atoms with Gasteiger partial charge in [0.2, 0.25) is 0 Å². The monoisotopic (exact) mass is 268 g/mol. The predicted octanol–water partition coefficient (Wildman–Crippen LogP) is 3.43. The van der Waals surface area contributed by atoms with Crippen molar-refractivity contribution < 1.29 is 4.79 Å². The van der Waals surface area contributed by atoms with E-state index >= 15 is 0 Å². The number of aromatic nitrogens is 1. The smallest absolute Gasteiger partial charge is 0.253 e. The molecule has 0 atom stereocenters. The molecule has 0 spiro atoms. The van der Waals surface area contributed by atoms with Crippen LogP contribution < -0.4 is 0 Å². The van der Waals surface area contributed by atoms with Gasteiger partial charge in [-0.25, -0.2) is 0 Å². The second-order valence-corrected chi connectivity index (χ2v) is 6.38. The normalized spacial score (nSPS) is 18.4. The highest BCUT2D eigenvalue weighted by Crippen LogP contribution is 2.34. The zero-order valence-electron chi connectivity index (χ0n) is 11.6. The maximum absolute atomic E-state index is 12.7. The topological polar surface area (TPSA) is 36.1 Å². The Bertz CT molecular complexity index is 623. The Morgan fingerprint density at radius 1 is 1.10 bits per heavy atom. The summed E-state index contributed by atoms with van der Waals surface area (Å²) in [5, 5.41) is 1.16. The van der Waals surface area contributed by atoms with Crippen LogP contribution in [0.5, 0.6) is 0 Å². The van der Waals surface area contributed by atoms with Gasteiger partial charge in [-0.2, -0.15) is 0 Å². The van der Waals surface area contributed by atoms with Gasteiger partial charge in [-0.05, 0) is 61.1 Å². The van der Waals surface area contributed by atoms with Crippen LogP contribution in [0.25, 0.3) is 10.9 Å². The maximum Gasteiger partial charge on any atom is 0.253 e. The lowest BCUT2D eigenvalue weighted by Crippen LogP contribution is -2.34. The van der Waals surface area contributed by atoms with Gasteiger partial charge in [0.1, 0.15) is 0 Å². The molecule has 0 saturated heterocycles. The van der Waals surface area contributed by atoms with Crippen molar-refractivity contribution in [1.29, 1.82) is 0 Å². The molecule has 104 valence electrons. The van der Waals surface area contributed by atoms with E-state index in [9.17, 15) is 4.79 Å². The second kappa shape index (κ2) is 4.65. The van der Waals surface area contributed by atoms with Crippen LogP contribution in [0.1, 0.15) is 36.0 Å². The van der Waals surface area contributed by atoms with Crippen molar-refractivity contribution in [2.24, 2.45) is 11.8 Å². The maximum atomic E-state index is 12.7. The van der Waals surface area contributed by atoms with E-state index in [0.717, 1.165) is 41.4 Å². The first kappa shape index (κ1) is 12.0. The number of nitrogens with zero attached hydrogens (tertiary/aromatic N) is 1. The highest BCUT2D eigenvalue weighted by molar-refractivity contribution is 5.98. The van der Waals surface area contributed by atoms with Gasteiger partial charge in [0.05, 0.1) is 0 Å². The highest BCUT2D eigenvalue weighted by Gasteiger charge is 2.31. The third-order valence-electron chi connectivity index (χ3n) is 4.44. The zero-order chi connectivity index (χ0) is 13.5. The summed E-state index contributed by atoms with van der Waals surface area (Å²) in [4.78, 5) is 18.0. The van der Waals surface area contributed by atoms with Gasteiger partial charge in [0, 0.05) is 30.4 Å². The first-order valence-corrected chi connectivity index (χ1v) is 7.66. The number of rotatable bonds is 5. The quantitative estimate of drug-likeness (QED) is 0.886. The summed E-state index contributed by atoms with van der Waals surface area (Å²) >= 11 is 0. The van der Waals surface area contributed by atoms with E-state index in [-0.39, 0.29) is 5.91 Å². The molecule has 1 amide bonds. The van der Waals surface area contributed by atoms with Crippen LogP contribution in [-0.4, -0.2) is 28.9 Å². The number of carbonyl (C=O) groups is 1. The number of hydrogen-bond donors (Lipinski definition) is 1. The molecule has 3 heteroatoms. The number of aromatic amines is 1. The van der Waals surface area contributed by atoms with Crippen molar-refractivity contribution in [3.8, 4) is 0 Å². The fourth-order valence-electron chi connectivity index (χ4n) is 2.83. The lowest BCUT2D eigenvalue weighted by Gasteiger charge is -2.22. The number of hydrogen-bond acceptors (Lipinski definition) is 1. The van der Waals surface area contributed by atoms with E-state index in [1.807, 2.05) is 30.5 Å². The SMILES string of the molecule is O=C(c1ccc2cc[nH]c2c1)N(CC1CC1)CC1CC1. The summed E-state index contributed by atoms with van der Waals surface area (Å²) in [6, 6.07) is 8.02. The van der Waals surface area contributed by atoms with E-state index < -0.39 is 0 Å². The molecule has 0 unspecified atom stereocenters. The van der Waals surface area contributed by atoms with Crippen LogP contribution in [0.4, 0.5) is 0 Å². The number of nitrogens with one attached hydrogen (secondary N) is 1. The Balaban J connectivity index is 1.57. The second-order valence-electron chi connectivity index (χ2n) is 6.38. The molecule has 1 aromatic heterocycles. The third kappa shape index (κ3) is 2.45. The Kier molecular flexibility index (Phi) is 2.79. The van der Waals surface area contributed by atoms with Crippen LogP contribution in [0.2, 0.25) is 0 Å². The zero-order valence-corrected chi connectivity index (χ0v) is 11.6. The molecule has 1 aromatic carbocycles. The van der Waals surface area contributed by atoms with Gasteiger partial charge in [-0.1, -0.05) is 6.07 Å². The minimum absolute atomic E-state index is 0.209. The van der Waals surface area contributed by atoms with Gasteiger partial charge >= 0.3 is 0 Å². The Morgan fingerprint density at radius 3 is 2.45 bits per heavy atom. The standard InChI is InChI=1S/C17H20N2O/c20-17(15-6-5-14-7-8-18-16(14)9-15)19(10-12-1-2-12)11-13-3-4-13/h5-9,12-13,18H,1-4,10-11H2. The number of amides is 1. The predicted molar refractivity (Wildman–Crippen MR) is 79.7 cm³/mol. The lowest BCUT2D eigenvalue weighted by molar-refractivity contribution is 0.0740. The summed E-state index contributed by atoms with van der Waals surface area (Å²) < 4.78 is 0. The van der Waals surface area contributed by atoms with Crippen LogP contribution >= 0.6 is 0 Å². The summed E-state index contributed by atoms with van der Waals surface area (Å²) in [6.45, 7) is 1.91. The summed E-state index contributed by atoms with van der Waals surface area (Å²) in [5.74, 6) is 1.72. The van der Waals surface area contributed by atoms with Gasteiger partial charge in [0.25, 0.3) is 5.91 Å². The average Bonchev–Trinajstić information content (AvgIpc) is 3.38. The van der Waals surface area contributed by atoms with Gasteiger partial charge in [-0.3, -0.25) is 4.79 Å². The molecule has 3 nitrogen and oxygen atoms in total. The molecule has 2 saturated carbocycles. The summed E-state index contributed by atoms with van der Waals surface area (Å²) in [5.41, 5.74) is 1.87. The highest BCUT2D eigenvalue weighted by atomic mass is 16.2. The van der Waals surface area contributed by atoms with Crippen LogP contribution in [0, 0.1) is 11.8 Å². The fraction of sp³-hybridized carbons (Fsp3) is 0.471. The van der Waals surface area contributed by atoms with Gasteiger partial charge < -0.3 is 9.88 Å². The molecule has 2 fully saturated rings. The number of benzene rings is 1. The molecule has 4 rings (SSSR count). The van der Waals surface area contributed by atoms with E-state index in [1.165, 1.54) is 25.7 Å². The van der Waals surface area contributed by atoms with E-state index in [2.05, 4.69) is 9.88 Å². The van der Waals surface area contributed by atoms with Crippen molar-refractivity contribution in [3.05, 3.63) is 36.0 Å². The van der Waals surface area contributed by atoms with Crippen molar-refractivity contribution in [3.63, 3.8) is 0 Å². The molecular formula is C17H20N2O. The van der Waals surface area contributed by atoms with Gasteiger partial charge in [-0.15, -0.1) is 0 Å². The summed E-state index contributed by atoms with van der Waals surface area (Å²) in [6.07, 6.45) is 7.10. The van der Waals surface area contributed by atoms with E-state index in [0.29, 0.717) is 0 Å². The van der Waals surface area contributed by atoms with Crippen molar-refractivity contribution in [2.75, 3.05) is 13.1 Å². The van der Waals surface area contributed by atoms with Crippen molar-refractivity contribution in [2.45, 2.75) is 25.7 Å². The van der Waals surface area contributed by atoms with Gasteiger partial charge in [0.15, 0.2) is 0 Å². The molecule has 20 heavy (non-hydrogen) atoms. The van der Waals surface area contributed by atoms with Crippen molar-refractivity contribution in [1.82, 2.24) is 9.88 Å². The number of H-pyrrole nitrogens is 1. The molecule has 1 N–H and O–H groups in total. The largest absolute Gasteiger partial charge is 0.361 e. The summed E-state index contributed by atoms with van der Waals surface area (Å²) in [7, 11) is 0. The third-order valence-corrected chi connectivity index (χ3v) is 4.44. The first-order chi connectivity index (χ1) is 9.79. The molecular weight excluding hydrogens is 248 g/mol. The van der Waals surface area contributed by atoms with Crippen LogP contribution in [-0.2, 0) is 0 Å². The van der Waals surface area contributed by atoms with E-state index in [4.69, 9.17) is 0 Å².